The summed E-state index contributed by atoms with van der Waals surface area (Å²) in [5, 5.41) is 21.4. The van der Waals surface area contributed by atoms with E-state index < -0.39 is 11.2 Å². The van der Waals surface area contributed by atoms with Crippen molar-refractivity contribution in [1.82, 2.24) is 0 Å². The Morgan fingerprint density at radius 1 is 0.688 bits per heavy atom. The van der Waals surface area contributed by atoms with Gasteiger partial charge in [0.25, 0.3) is 0 Å². The predicted octanol–water partition coefficient (Wildman–Crippen LogP) is 2.62. The molecule has 4 aliphatic rings. The zero-order valence-corrected chi connectivity index (χ0v) is 10.6. The minimum absolute atomic E-state index is 0.230. The van der Waals surface area contributed by atoms with E-state index in [0.29, 0.717) is 6.42 Å². The number of hydrogen-bond donors (Lipinski definition) is 2. The average Bonchev–Trinajstić information content (AvgIpc) is 2.12. The van der Waals surface area contributed by atoms with Gasteiger partial charge in [-0.1, -0.05) is 26.7 Å². The van der Waals surface area contributed by atoms with Gasteiger partial charge in [-0.25, -0.2) is 0 Å². The fourth-order valence-corrected chi connectivity index (χ4v) is 5.70. The first-order valence-corrected chi connectivity index (χ1v) is 6.81. The Hall–Kier alpha value is -0.0800. The topological polar surface area (TPSA) is 40.5 Å². The molecule has 2 heteroatoms. The van der Waals surface area contributed by atoms with Crippen molar-refractivity contribution in [2.24, 2.45) is 10.8 Å². The lowest BCUT2D eigenvalue weighted by atomic mass is 9.40. The van der Waals surface area contributed by atoms with Crippen LogP contribution in [-0.4, -0.2) is 21.4 Å². The molecule has 4 fully saturated rings. The normalized spacial score (nSPS) is 59.2. The van der Waals surface area contributed by atoms with E-state index in [4.69, 9.17) is 0 Å². The van der Waals surface area contributed by atoms with E-state index in [-0.39, 0.29) is 10.8 Å². The third-order valence-electron chi connectivity index (χ3n) is 5.72. The van der Waals surface area contributed by atoms with Crippen molar-refractivity contribution < 1.29 is 10.2 Å². The molecular formula is C14H24O2. The summed E-state index contributed by atoms with van der Waals surface area (Å²) in [5.74, 6) is 0. The highest BCUT2D eigenvalue weighted by atomic mass is 16.3. The van der Waals surface area contributed by atoms with Crippen molar-refractivity contribution in [2.45, 2.75) is 76.4 Å². The lowest BCUT2D eigenvalue weighted by molar-refractivity contribution is -0.261. The maximum absolute atomic E-state index is 10.7. The Kier molecular flexibility index (Phi) is 1.96. The van der Waals surface area contributed by atoms with Gasteiger partial charge in [-0.3, -0.25) is 0 Å². The molecule has 4 rings (SSSR count). The van der Waals surface area contributed by atoms with Crippen LogP contribution in [0.15, 0.2) is 0 Å². The van der Waals surface area contributed by atoms with Crippen LogP contribution in [0.5, 0.6) is 0 Å². The predicted molar refractivity (Wildman–Crippen MR) is 63.0 cm³/mol. The Morgan fingerprint density at radius 2 is 1.06 bits per heavy atom. The summed E-state index contributed by atoms with van der Waals surface area (Å²) in [5.41, 5.74) is -0.659. The highest BCUT2D eigenvalue weighted by molar-refractivity contribution is 5.18. The molecule has 0 saturated heterocycles. The molecule has 0 radical (unpaired) electrons. The van der Waals surface area contributed by atoms with Crippen LogP contribution < -0.4 is 0 Å². The average molecular weight is 224 g/mol. The lowest BCUT2D eigenvalue weighted by Crippen LogP contribution is -2.66. The van der Waals surface area contributed by atoms with Crippen LogP contribution in [0, 0.1) is 10.8 Å². The molecule has 16 heavy (non-hydrogen) atoms. The fourth-order valence-electron chi connectivity index (χ4n) is 5.70. The van der Waals surface area contributed by atoms with Crippen LogP contribution in [0.3, 0.4) is 0 Å². The molecule has 0 amide bonds. The van der Waals surface area contributed by atoms with E-state index in [1.165, 1.54) is 6.42 Å². The molecule has 4 saturated carbocycles. The monoisotopic (exact) mass is 224 g/mol. The van der Waals surface area contributed by atoms with Crippen molar-refractivity contribution in [3.63, 3.8) is 0 Å². The van der Waals surface area contributed by atoms with Gasteiger partial charge in [0, 0.05) is 6.42 Å². The van der Waals surface area contributed by atoms with E-state index in [2.05, 4.69) is 13.8 Å². The van der Waals surface area contributed by atoms with Crippen LogP contribution >= 0.6 is 0 Å². The zero-order valence-electron chi connectivity index (χ0n) is 10.6. The molecular weight excluding hydrogens is 200 g/mol. The van der Waals surface area contributed by atoms with Crippen molar-refractivity contribution in [3.05, 3.63) is 0 Å². The minimum Gasteiger partial charge on any atom is -0.390 e. The summed E-state index contributed by atoms with van der Waals surface area (Å²) in [6, 6.07) is 0. The summed E-state index contributed by atoms with van der Waals surface area (Å²) >= 11 is 0. The van der Waals surface area contributed by atoms with Gasteiger partial charge < -0.3 is 10.2 Å². The van der Waals surface area contributed by atoms with Gasteiger partial charge in [-0.2, -0.15) is 0 Å². The number of aliphatic hydroxyl groups is 2. The largest absolute Gasteiger partial charge is 0.390 e. The van der Waals surface area contributed by atoms with Crippen LogP contribution in [0.4, 0.5) is 0 Å². The highest BCUT2D eigenvalue weighted by Crippen LogP contribution is 2.69. The van der Waals surface area contributed by atoms with E-state index in [0.717, 1.165) is 38.5 Å². The first kappa shape index (κ1) is 11.0. The number of rotatable bonds is 2. The Morgan fingerprint density at radius 3 is 1.38 bits per heavy atom. The van der Waals surface area contributed by atoms with Gasteiger partial charge in [0.1, 0.15) is 0 Å². The molecule has 0 aromatic heterocycles. The molecule has 0 spiro atoms. The number of hydrogen-bond acceptors (Lipinski definition) is 2. The van der Waals surface area contributed by atoms with Gasteiger partial charge >= 0.3 is 0 Å². The van der Waals surface area contributed by atoms with Gasteiger partial charge in [-0.05, 0) is 42.9 Å². The molecule has 92 valence electrons. The molecule has 2 nitrogen and oxygen atoms in total. The second kappa shape index (κ2) is 2.84. The first-order chi connectivity index (χ1) is 7.36. The molecule has 0 heterocycles. The van der Waals surface area contributed by atoms with Crippen molar-refractivity contribution >= 4 is 0 Å². The van der Waals surface area contributed by atoms with E-state index in [9.17, 15) is 10.2 Å². The fraction of sp³-hybridized carbons (Fsp3) is 1.00. The Bertz CT molecular complexity index is 279. The van der Waals surface area contributed by atoms with Crippen molar-refractivity contribution in [3.8, 4) is 0 Å². The van der Waals surface area contributed by atoms with Gasteiger partial charge in [0.05, 0.1) is 11.2 Å². The smallest absolute Gasteiger partial charge is 0.0685 e. The second-order valence-electron chi connectivity index (χ2n) is 7.22. The minimum atomic E-state index is -0.560. The third-order valence-corrected chi connectivity index (χ3v) is 5.72. The van der Waals surface area contributed by atoms with E-state index >= 15 is 0 Å². The van der Waals surface area contributed by atoms with Crippen LogP contribution in [0.25, 0.3) is 0 Å². The maximum atomic E-state index is 10.7. The van der Waals surface area contributed by atoms with Crippen molar-refractivity contribution in [2.75, 3.05) is 0 Å². The Labute approximate surface area is 98.1 Å². The summed E-state index contributed by atoms with van der Waals surface area (Å²) in [4.78, 5) is 0. The summed E-state index contributed by atoms with van der Waals surface area (Å²) in [6.07, 6.45) is 7.81. The molecule has 4 aliphatic carbocycles. The Balaban J connectivity index is 2.06. The van der Waals surface area contributed by atoms with Crippen molar-refractivity contribution in [1.29, 1.82) is 0 Å². The summed E-state index contributed by atoms with van der Waals surface area (Å²) in [7, 11) is 0. The van der Waals surface area contributed by atoms with Gasteiger partial charge in [0.15, 0.2) is 0 Å². The molecule has 0 aromatic rings. The quantitative estimate of drug-likeness (QED) is 0.757. The lowest BCUT2D eigenvalue weighted by Gasteiger charge is -2.68. The standard InChI is InChI=1S/C14H24O2/c1-3-11-5-12(4-2)8-13(15,6-11)10-14(16,7-11)9-12/h15-16H,3-10H2,1-2H3. The summed E-state index contributed by atoms with van der Waals surface area (Å²) in [6.45, 7) is 4.45. The molecule has 0 atom stereocenters. The molecule has 2 N–H and O–H groups in total. The molecule has 0 unspecified atom stereocenters. The van der Waals surface area contributed by atoms with Crippen LogP contribution in [0.1, 0.15) is 65.2 Å². The summed E-state index contributed by atoms with van der Waals surface area (Å²) < 4.78 is 0. The van der Waals surface area contributed by atoms with Crippen LogP contribution in [0.2, 0.25) is 0 Å². The third kappa shape index (κ3) is 1.32. The molecule has 4 bridgehead atoms. The second-order valence-corrected chi connectivity index (χ2v) is 7.22. The van der Waals surface area contributed by atoms with Crippen LogP contribution in [-0.2, 0) is 0 Å². The molecule has 0 aromatic carbocycles. The highest BCUT2D eigenvalue weighted by Gasteiger charge is 2.66. The van der Waals surface area contributed by atoms with Gasteiger partial charge in [-0.15, -0.1) is 0 Å². The van der Waals surface area contributed by atoms with Gasteiger partial charge in [0.2, 0.25) is 0 Å². The maximum Gasteiger partial charge on any atom is 0.0685 e. The molecule has 0 aliphatic heterocycles. The zero-order chi connectivity index (χ0) is 11.7. The van der Waals surface area contributed by atoms with E-state index in [1.54, 1.807) is 0 Å². The first-order valence-electron chi connectivity index (χ1n) is 6.81. The SMILES string of the molecule is CCC12CC3(O)CC(O)(C1)CC(CC)(C3)C2. The van der Waals surface area contributed by atoms with E-state index in [1.807, 2.05) is 0 Å².